The lowest BCUT2D eigenvalue weighted by atomic mass is 10.0. The zero-order valence-corrected chi connectivity index (χ0v) is 41.8. The lowest BCUT2D eigenvalue weighted by Gasteiger charge is -2.04. The van der Waals surface area contributed by atoms with Crippen LogP contribution in [0.3, 0.4) is 0 Å². The van der Waals surface area contributed by atoms with Crippen molar-refractivity contribution in [2.45, 2.75) is 212 Å². The van der Waals surface area contributed by atoms with Crippen molar-refractivity contribution in [2.75, 3.05) is 6.61 Å². The first-order chi connectivity index (χ1) is 28.4. The molecule has 0 aliphatic heterocycles. The van der Waals surface area contributed by atoms with Crippen LogP contribution < -0.4 is 0 Å². The van der Waals surface area contributed by atoms with Crippen LogP contribution in [0.25, 0.3) is 0 Å². The first-order valence-corrected chi connectivity index (χ1v) is 24.8. The summed E-state index contributed by atoms with van der Waals surface area (Å²) in [5.74, 6) is 0. The predicted octanol–water partition coefficient (Wildman–Crippen LogP) is 18.3. The van der Waals surface area contributed by atoms with Crippen molar-refractivity contribution in [2.24, 2.45) is 0 Å². The van der Waals surface area contributed by atoms with E-state index < -0.39 is 7.82 Å². The Morgan fingerprint density at radius 1 is 0.317 bits per heavy atom. The van der Waals surface area contributed by atoms with Crippen LogP contribution in [0, 0.1) is 0 Å². The van der Waals surface area contributed by atoms with E-state index in [1.807, 2.05) is 6.92 Å². The molecule has 0 aliphatic carbocycles. The first-order valence-electron chi connectivity index (χ1n) is 23.3. The van der Waals surface area contributed by atoms with Gasteiger partial charge in [0.2, 0.25) is 0 Å². The SMILES string of the molecule is CC(C)=CCC/C(C)=C/CC/C(C)=C/CC/C(C)=C/CC/C(C)=C\CC/C(C)=C/CC/C(C)=C\CC/C(C)=C/CC/C(C)=C/CC/C(C)=C/CC/C(C)=C/COP(=O)(O)O. The largest absolute Gasteiger partial charge is 0.469 e. The van der Waals surface area contributed by atoms with Crippen molar-refractivity contribution in [1.82, 2.24) is 0 Å². The molecule has 0 atom stereocenters. The Hall–Kier alpha value is -2.75. The van der Waals surface area contributed by atoms with Gasteiger partial charge in [0.1, 0.15) is 0 Å². The Bertz CT molecular complexity index is 1600. The summed E-state index contributed by atoms with van der Waals surface area (Å²) in [7, 11) is -4.40. The van der Waals surface area contributed by atoms with Crippen molar-refractivity contribution >= 4 is 7.82 Å². The van der Waals surface area contributed by atoms with Crippen LogP contribution in [-0.4, -0.2) is 16.4 Å². The molecule has 0 rings (SSSR count). The van der Waals surface area contributed by atoms with Crippen molar-refractivity contribution in [3.8, 4) is 0 Å². The van der Waals surface area contributed by atoms with E-state index in [0.29, 0.717) is 0 Å². The minimum Gasteiger partial charge on any atom is -0.303 e. The maximum absolute atomic E-state index is 10.8. The third kappa shape index (κ3) is 39.4. The molecule has 0 heterocycles. The van der Waals surface area contributed by atoms with E-state index in [4.69, 9.17) is 9.79 Å². The van der Waals surface area contributed by atoms with E-state index in [2.05, 4.69) is 141 Å². The molecule has 0 aromatic carbocycles. The van der Waals surface area contributed by atoms with Crippen molar-refractivity contribution in [1.29, 1.82) is 0 Å². The number of phosphoric acid groups is 1. The molecule has 0 amide bonds. The highest BCUT2D eigenvalue weighted by Gasteiger charge is 2.11. The molecule has 0 aromatic heterocycles. The van der Waals surface area contributed by atoms with Crippen molar-refractivity contribution in [3.63, 3.8) is 0 Å². The number of hydrogen-bond donors (Lipinski definition) is 2. The molecule has 0 saturated heterocycles. The quantitative estimate of drug-likeness (QED) is 0.0510. The normalized spacial score (nSPS) is 15.0. The minimum absolute atomic E-state index is 0.0550. The molecule has 0 unspecified atom stereocenters. The van der Waals surface area contributed by atoms with E-state index >= 15 is 0 Å². The van der Waals surface area contributed by atoms with Gasteiger partial charge in [0.25, 0.3) is 0 Å². The topological polar surface area (TPSA) is 66.8 Å². The molecule has 0 fully saturated rings. The van der Waals surface area contributed by atoms with Gasteiger partial charge in [-0.2, -0.15) is 0 Å². The number of rotatable bonds is 33. The highest BCUT2D eigenvalue weighted by molar-refractivity contribution is 7.46. The molecule has 0 spiro atoms. The second kappa shape index (κ2) is 35.8. The molecule has 4 nitrogen and oxygen atoms in total. The predicted molar refractivity (Wildman–Crippen MR) is 267 cm³/mol. The Kier molecular flexibility index (Phi) is 34.2. The standard InChI is InChI=1S/C55H91O4P/c1-45(2)23-13-24-46(3)25-14-26-47(4)27-15-28-48(5)29-16-30-49(6)31-17-32-50(7)33-18-34-51(8)35-19-36-52(9)37-20-38-53(10)39-21-40-54(11)41-22-42-55(12)43-44-59-60(56,57)58/h23,25,27,29,31,33,35,37,39,41,43H,13-22,24,26,28,30,32,34,36,38,40,42,44H2,1-12H3,(H2,56,57,58)/b46-25+,47-27+,48-29+,49-31-,50-33+,51-35-,52-37+,53-39+,54-41+,55-43+. The molecule has 0 radical (unpaired) electrons. The summed E-state index contributed by atoms with van der Waals surface area (Å²) >= 11 is 0. The molecule has 0 aliphatic rings. The lowest BCUT2D eigenvalue weighted by molar-refractivity contribution is 0.215. The number of phosphoric ester groups is 1. The summed E-state index contributed by atoms with van der Waals surface area (Å²) in [6, 6.07) is 0. The van der Waals surface area contributed by atoms with Gasteiger partial charge in [0.05, 0.1) is 6.61 Å². The van der Waals surface area contributed by atoms with Gasteiger partial charge in [-0.15, -0.1) is 0 Å². The van der Waals surface area contributed by atoms with Crippen LogP contribution in [0.5, 0.6) is 0 Å². The monoisotopic (exact) mass is 847 g/mol. The van der Waals surface area contributed by atoms with E-state index in [9.17, 15) is 4.57 Å². The third-order valence-corrected chi connectivity index (χ3v) is 11.5. The van der Waals surface area contributed by atoms with E-state index in [-0.39, 0.29) is 6.61 Å². The lowest BCUT2D eigenvalue weighted by Crippen LogP contribution is -1.89. The summed E-state index contributed by atoms with van der Waals surface area (Å²) in [6.45, 7) is 26.7. The fraction of sp³-hybridized carbons (Fsp3) is 0.600. The van der Waals surface area contributed by atoms with Gasteiger partial charge in [-0.1, -0.05) is 128 Å². The zero-order chi connectivity index (χ0) is 45.2. The molecule has 340 valence electrons. The minimum atomic E-state index is -4.40. The van der Waals surface area contributed by atoms with Crippen LogP contribution in [-0.2, 0) is 9.09 Å². The van der Waals surface area contributed by atoms with Gasteiger partial charge < -0.3 is 9.79 Å². The van der Waals surface area contributed by atoms with Crippen LogP contribution in [0.2, 0.25) is 0 Å². The fourth-order valence-electron chi connectivity index (χ4n) is 6.80. The summed E-state index contributed by atoms with van der Waals surface area (Å²) in [6.07, 6.45) is 48.1. The van der Waals surface area contributed by atoms with E-state index in [1.165, 1.54) is 75.0 Å². The first kappa shape index (κ1) is 57.2. The Balaban J connectivity index is 4.28. The third-order valence-electron chi connectivity index (χ3n) is 11.0. The average Bonchev–Trinajstić information content (AvgIpc) is 3.14. The van der Waals surface area contributed by atoms with Gasteiger partial charge in [0, 0.05) is 0 Å². The molecular weight excluding hydrogens is 756 g/mol. The molecule has 0 saturated carbocycles. The molecular formula is C55H91O4P. The average molecular weight is 847 g/mol. The zero-order valence-electron chi connectivity index (χ0n) is 40.9. The van der Waals surface area contributed by atoms with Crippen molar-refractivity contribution < 1.29 is 18.9 Å². The second-order valence-corrected chi connectivity index (χ2v) is 19.2. The molecule has 0 bridgehead atoms. The van der Waals surface area contributed by atoms with Gasteiger partial charge in [-0.05, 0) is 212 Å². The van der Waals surface area contributed by atoms with E-state index in [1.54, 1.807) is 6.08 Å². The van der Waals surface area contributed by atoms with Gasteiger partial charge in [-0.3, -0.25) is 4.52 Å². The Labute approximate surface area is 371 Å². The molecule has 5 heteroatoms. The summed E-state index contributed by atoms with van der Waals surface area (Å²) < 4.78 is 15.3. The van der Waals surface area contributed by atoms with Crippen LogP contribution in [0.4, 0.5) is 0 Å². The van der Waals surface area contributed by atoms with Crippen molar-refractivity contribution in [3.05, 3.63) is 128 Å². The molecule has 0 aromatic rings. The summed E-state index contributed by atoms with van der Waals surface area (Å²) in [4.78, 5) is 17.5. The second-order valence-electron chi connectivity index (χ2n) is 18.0. The van der Waals surface area contributed by atoms with E-state index in [0.717, 1.165) is 115 Å². The Morgan fingerprint density at radius 3 is 0.650 bits per heavy atom. The van der Waals surface area contributed by atoms with Crippen LogP contribution in [0.1, 0.15) is 212 Å². The summed E-state index contributed by atoms with van der Waals surface area (Å²) in [5.41, 5.74) is 15.9. The van der Waals surface area contributed by atoms with Gasteiger partial charge in [0.15, 0.2) is 0 Å². The smallest absolute Gasteiger partial charge is 0.303 e. The maximum Gasteiger partial charge on any atom is 0.469 e. The molecule has 60 heavy (non-hydrogen) atoms. The highest BCUT2D eigenvalue weighted by Crippen LogP contribution is 2.35. The Morgan fingerprint density at radius 2 is 0.483 bits per heavy atom. The highest BCUT2D eigenvalue weighted by atomic mass is 31.2. The van der Waals surface area contributed by atoms with Crippen LogP contribution in [0.15, 0.2) is 128 Å². The summed E-state index contributed by atoms with van der Waals surface area (Å²) in [5, 5.41) is 0. The fourth-order valence-corrected chi connectivity index (χ4v) is 7.07. The van der Waals surface area contributed by atoms with Gasteiger partial charge >= 0.3 is 7.82 Å². The number of hydrogen-bond acceptors (Lipinski definition) is 2. The number of allylic oxidation sites excluding steroid dienone is 21. The molecule has 2 N–H and O–H groups in total. The maximum atomic E-state index is 10.8. The van der Waals surface area contributed by atoms with Crippen LogP contribution >= 0.6 is 7.82 Å². The van der Waals surface area contributed by atoms with Gasteiger partial charge in [-0.25, -0.2) is 4.57 Å².